The van der Waals surface area contributed by atoms with Gasteiger partial charge in [-0.15, -0.1) is 0 Å². The van der Waals surface area contributed by atoms with Crippen LogP contribution < -0.4 is 11.1 Å². The van der Waals surface area contributed by atoms with Crippen molar-refractivity contribution in [1.29, 1.82) is 0 Å². The summed E-state index contributed by atoms with van der Waals surface area (Å²) in [6.45, 7) is 5.94. The SMILES string of the molecule is Cc1cccc(NC[C@@H]2CCN(Cc3cccc(C(N)=O)c3)C2)n1. The van der Waals surface area contributed by atoms with Crippen molar-refractivity contribution in [3.05, 3.63) is 59.3 Å². The third kappa shape index (κ3) is 4.32. The molecule has 1 aromatic heterocycles. The Kier molecular flexibility index (Phi) is 5.11. The molecule has 1 atom stereocenters. The van der Waals surface area contributed by atoms with Gasteiger partial charge in [0.2, 0.25) is 5.91 Å². The van der Waals surface area contributed by atoms with Gasteiger partial charge in [0.15, 0.2) is 0 Å². The average Bonchev–Trinajstić information content (AvgIpc) is 3.01. The van der Waals surface area contributed by atoms with E-state index in [1.165, 1.54) is 6.42 Å². The number of hydrogen-bond donors (Lipinski definition) is 2. The van der Waals surface area contributed by atoms with Crippen LogP contribution in [-0.2, 0) is 6.54 Å². The fourth-order valence-electron chi connectivity index (χ4n) is 3.19. The number of rotatable bonds is 6. The van der Waals surface area contributed by atoms with E-state index in [2.05, 4.69) is 21.3 Å². The molecule has 0 spiro atoms. The lowest BCUT2D eigenvalue weighted by molar-refractivity contribution is 0.1000. The molecule has 0 bridgehead atoms. The molecule has 5 nitrogen and oxygen atoms in total. The Morgan fingerprint density at radius 1 is 1.33 bits per heavy atom. The van der Waals surface area contributed by atoms with Crippen molar-refractivity contribution in [2.24, 2.45) is 11.7 Å². The van der Waals surface area contributed by atoms with Crippen LogP contribution in [0, 0.1) is 12.8 Å². The van der Waals surface area contributed by atoms with Gasteiger partial charge >= 0.3 is 0 Å². The minimum Gasteiger partial charge on any atom is -0.370 e. The van der Waals surface area contributed by atoms with Crippen molar-refractivity contribution < 1.29 is 4.79 Å². The lowest BCUT2D eigenvalue weighted by atomic mass is 10.1. The van der Waals surface area contributed by atoms with Gasteiger partial charge in [0.25, 0.3) is 0 Å². The highest BCUT2D eigenvalue weighted by Gasteiger charge is 2.22. The number of pyridine rings is 1. The molecule has 2 heterocycles. The number of aromatic nitrogens is 1. The number of nitrogens with one attached hydrogen (secondary N) is 1. The van der Waals surface area contributed by atoms with E-state index in [1.54, 1.807) is 6.07 Å². The van der Waals surface area contributed by atoms with E-state index >= 15 is 0 Å². The van der Waals surface area contributed by atoms with Crippen molar-refractivity contribution >= 4 is 11.7 Å². The Morgan fingerprint density at radius 2 is 2.17 bits per heavy atom. The third-order valence-electron chi connectivity index (χ3n) is 4.45. The molecule has 1 aromatic carbocycles. The number of hydrogen-bond acceptors (Lipinski definition) is 4. The van der Waals surface area contributed by atoms with E-state index in [0.29, 0.717) is 11.5 Å². The Hall–Kier alpha value is -2.40. The molecule has 3 rings (SSSR count). The Bertz CT molecular complexity index is 716. The van der Waals surface area contributed by atoms with E-state index in [-0.39, 0.29) is 5.91 Å². The first-order chi connectivity index (χ1) is 11.6. The zero-order chi connectivity index (χ0) is 16.9. The number of likely N-dealkylation sites (tertiary alicyclic amines) is 1. The molecule has 126 valence electrons. The second kappa shape index (κ2) is 7.45. The van der Waals surface area contributed by atoms with Gasteiger partial charge in [-0.3, -0.25) is 9.69 Å². The fraction of sp³-hybridized carbons (Fsp3) is 0.368. The maximum absolute atomic E-state index is 11.3. The monoisotopic (exact) mass is 324 g/mol. The predicted molar refractivity (Wildman–Crippen MR) is 95.8 cm³/mol. The molecular weight excluding hydrogens is 300 g/mol. The van der Waals surface area contributed by atoms with Crippen molar-refractivity contribution in [3.63, 3.8) is 0 Å². The zero-order valence-electron chi connectivity index (χ0n) is 14.0. The lowest BCUT2D eigenvalue weighted by Gasteiger charge is -2.17. The first kappa shape index (κ1) is 16.5. The van der Waals surface area contributed by atoms with Gasteiger partial charge in [-0.1, -0.05) is 18.2 Å². The molecule has 1 saturated heterocycles. The standard InChI is InChI=1S/C19H24N4O/c1-14-4-2-7-18(22-14)21-11-16-8-9-23(13-16)12-15-5-3-6-17(10-15)19(20)24/h2-7,10,16H,8-9,11-13H2,1H3,(H2,20,24)(H,21,22)/t16-/m0/s1. The van der Waals surface area contributed by atoms with Gasteiger partial charge in [-0.05, 0) is 55.6 Å². The van der Waals surface area contributed by atoms with E-state index in [1.807, 2.05) is 37.3 Å². The summed E-state index contributed by atoms with van der Waals surface area (Å²) in [6.07, 6.45) is 1.17. The molecule has 0 saturated carbocycles. The maximum Gasteiger partial charge on any atom is 0.248 e. The fourth-order valence-corrected chi connectivity index (χ4v) is 3.19. The first-order valence-electron chi connectivity index (χ1n) is 8.39. The molecule has 1 amide bonds. The average molecular weight is 324 g/mol. The molecule has 1 fully saturated rings. The van der Waals surface area contributed by atoms with E-state index in [4.69, 9.17) is 5.73 Å². The minimum atomic E-state index is -0.369. The van der Waals surface area contributed by atoms with Gasteiger partial charge in [-0.2, -0.15) is 0 Å². The molecule has 3 N–H and O–H groups in total. The highest BCUT2D eigenvalue weighted by Crippen LogP contribution is 2.19. The summed E-state index contributed by atoms with van der Waals surface area (Å²) in [5, 5.41) is 3.44. The van der Waals surface area contributed by atoms with Crippen molar-refractivity contribution in [3.8, 4) is 0 Å². The van der Waals surface area contributed by atoms with Crippen molar-refractivity contribution in [2.75, 3.05) is 25.0 Å². The second-order valence-electron chi connectivity index (χ2n) is 6.50. The van der Waals surface area contributed by atoms with E-state index in [9.17, 15) is 4.79 Å². The van der Waals surface area contributed by atoms with Gasteiger partial charge in [0.05, 0.1) is 0 Å². The number of benzene rings is 1. The molecule has 1 aliphatic rings. The summed E-state index contributed by atoms with van der Waals surface area (Å²) >= 11 is 0. The van der Waals surface area contributed by atoms with E-state index < -0.39 is 0 Å². The number of nitrogens with two attached hydrogens (primary N) is 1. The number of carbonyl (C=O) groups is 1. The molecule has 0 aliphatic carbocycles. The van der Waals surface area contributed by atoms with Gasteiger partial charge in [0, 0.05) is 30.9 Å². The quantitative estimate of drug-likeness (QED) is 0.856. The molecular formula is C19H24N4O. The molecule has 24 heavy (non-hydrogen) atoms. The number of amides is 1. The number of anilines is 1. The predicted octanol–water partition coefficient (Wildman–Crippen LogP) is 2.42. The summed E-state index contributed by atoms with van der Waals surface area (Å²) in [6, 6.07) is 13.6. The summed E-state index contributed by atoms with van der Waals surface area (Å²) in [5.74, 6) is 1.19. The second-order valence-corrected chi connectivity index (χ2v) is 6.50. The third-order valence-corrected chi connectivity index (χ3v) is 4.45. The molecule has 5 heteroatoms. The maximum atomic E-state index is 11.3. The first-order valence-corrected chi connectivity index (χ1v) is 8.39. The summed E-state index contributed by atoms with van der Waals surface area (Å²) < 4.78 is 0. The van der Waals surface area contributed by atoms with Crippen molar-refractivity contribution in [1.82, 2.24) is 9.88 Å². The van der Waals surface area contributed by atoms with Gasteiger partial charge in [0.1, 0.15) is 5.82 Å². The summed E-state index contributed by atoms with van der Waals surface area (Å²) in [7, 11) is 0. The topological polar surface area (TPSA) is 71.2 Å². The zero-order valence-corrected chi connectivity index (χ0v) is 14.0. The molecule has 2 aromatic rings. The lowest BCUT2D eigenvalue weighted by Crippen LogP contribution is -2.23. The summed E-state index contributed by atoms with van der Waals surface area (Å²) in [5.41, 5.74) is 8.10. The highest BCUT2D eigenvalue weighted by molar-refractivity contribution is 5.92. The van der Waals surface area contributed by atoms with Crippen LogP contribution in [0.2, 0.25) is 0 Å². The van der Waals surface area contributed by atoms with Crippen LogP contribution in [0.1, 0.15) is 28.0 Å². The minimum absolute atomic E-state index is 0.369. The Morgan fingerprint density at radius 3 is 2.96 bits per heavy atom. The van der Waals surface area contributed by atoms with Crippen molar-refractivity contribution in [2.45, 2.75) is 19.9 Å². The Labute approximate surface area is 142 Å². The van der Waals surface area contributed by atoms with Crippen LogP contribution in [0.5, 0.6) is 0 Å². The van der Waals surface area contributed by atoms with Crippen LogP contribution >= 0.6 is 0 Å². The van der Waals surface area contributed by atoms with Crippen LogP contribution in [-0.4, -0.2) is 35.4 Å². The molecule has 0 unspecified atom stereocenters. The van der Waals surface area contributed by atoms with Gasteiger partial charge < -0.3 is 11.1 Å². The van der Waals surface area contributed by atoms with Crippen LogP contribution in [0.15, 0.2) is 42.5 Å². The number of carbonyl (C=O) groups excluding carboxylic acids is 1. The normalized spacial score (nSPS) is 17.8. The smallest absolute Gasteiger partial charge is 0.248 e. The summed E-state index contributed by atoms with van der Waals surface area (Å²) in [4.78, 5) is 18.2. The highest BCUT2D eigenvalue weighted by atomic mass is 16.1. The number of primary amides is 1. The van der Waals surface area contributed by atoms with Crippen LogP contribution in [0.4, 0.5) is 5.82 Å². The Balaban J connectivity index is 1.50. The van der Waals surface area contributed by atoms with Crippen LogP contribution in [0.3, 0.4) is 0 Å². The van der Waals surface area contributed by atoms with Gasteiger partial charge in [-0.25, -0.2) is 4.98 Å². The molecule has 0 radical (unpaired) electrons. The molecule has 1 aliphatic heterocycles. The number of aryl methyl sites for hydroxylation is 1. The largest absolute Gasteiger partial charge is 0.370 e. The van der Waals surface area contributed by atoms with E-state index in [0.717, 1.165) is 43.3 Å². The number of nitrogens with zero attached hydrogens (tertiary/aromatic N) is 2. The van der Waals surface area contributed by atoms with Crippen LogP contribution in [0.25, 0.3) is 0 Å².